The zero-order valence-electron chi connectivity index (χ0n) is 12.7. The zero-order valence-corrected chi connectivity index (χ0v) is 13.5. The van der Waals surface area contributed by atoms with Crippen LogP contribution in [0.25, 0.3) is 0 Å². The molecule has 2 aromatic rings. The molecule has 2 heterocycles. The number of fused-ring (bicyclic) bond motifs is 1. The number of benzene rings is 1. The number of amides is 2. The molecule has 0 spiro atoms. The summed E-state index contributed by atoms with van der Waals surface area (Å²) in [4.78, 5) is 17.8. The number of urea groups is 1. The first-order valence-corrected chi connectivity index (χ1v) is 8.39. The van der Waals surface area contributed by atoms with Crippen molar-refractivity contribution < 1.29 is 18.0 Å². The molecule has 1 N–H and O–H groups in total. The molecule has 126 valence electrons. The maximum Gasteiger partial charge on any atom is 0.417 e. The van der Waals surface area contributed by atoms with Crippen molar-refractivity contribution in [2.45, 2.75) is 17.5 Å². The molecule has 0 unspecified atom stereocenters. The Labute approximate surface area is 141 Å². The van der Waals surface area contributed by atoms with Gasteiger partial charge in [0.15, 0.2) is 0 Å². The number of hydrogen-bond donors (Lipinski definition) is 1. The maximum absolute atomic E-state index is 13.2. The second-order valence-corrected chi connectivity index (χ2v) is 6.09. The minimum absolute atomic E-state index is 0.178. The standard InChI is InChI=1S/C16H14F3N3OS/c1-24-14-8-10-4-7-22(13(10)9-12(14)16(17,18)19)15(23)21-11-2-5-20-6-3-11/h2-3,5-6,8-9H,4,7H2,1H3,(H,20,21,23). The molecule has 0 radical (unpaired) electrons. The minimum Gasteiger partial charge on any atom is -0.307 e. The highest BCUT2D eigenvalue weighted by molar-refractivity contribution is 7.98. The van der Waals surface area contributed by atoms with Crippen molar-refractivity contribution in [1.29, 1.82) is 0 Å². The van der Waals surface area contributed by atoms with Gasteiger partial charge in [0, 0.05) is 35.2 Å². The number of rotatable bonds is 2. The van der Waals surface area contributed by atoms with Crippen LogP contribution in [0.15, 0.2) is 41.6 Å². The largest absolute Gasteiger partial charge is 0.417 e. The highest BCUT2D eigenvalue weighted by Gasteiger charge is 2.36. The van der Waals surface area contributed by atoms with Gasteiger partial charge >= 0.3 is 12.2 Å². The molecule has 0 atom stereocenters. The number of thioether (sulfide) groups is 1. The van der Waals surface area contributed by atoms with E-state index in [0.717, 1.165) is 23.4 Å². The van der Waals surface area contributed by atoms with E-state index >= 15 is 0 Å². The Balaban J connectivity index is 1.92. The van der Waals surface area contributed by atoms with Gasteiger partial charge in [-0.15, -0.1) is 11.8 Å². The number of carbonyl (C=O) groups is 1. The van der Waals surface area contributed by atoms with E-state index in [2.05, 4.69) is 10.3 Å². The Morgan fingerprint density at radius 2 is 2.00 bits per heavy atom. The minimum atomic E-state index is -4.46. The number of nitrogens with zero attached hydrogens (tertiary/aromatic N) is 2. The first-order chi connectivity index (χ1) is 11.4. The Hall–Kier alpha value is -2.22. The first kappa shape index (κ1) is 16.6. The highest BCUT2D eigenvalue weighted by atomic mass is 32.2. The van der Waals surface area contributed by atoms with Gasteiger partial charge in [0.25, 0.3) is 0 Å². The number of halogens is 3. The van der Waals surface area contributed by atoms with E-state index in [1.807, 2.05) is 0 Å². The van der Waals surface area contributed by atoms with Crippen molar-refractivity contribution >= 4 is 29.2 Å². The second kappa shape index (κ2) is 6.35. The molecule has 8 heteroatoms. The quantitative estimate of drug-likeness (QED) is 0.813. The fraction of sp³-hybridized carbons (Fsp3) is 0.250. The molecule has 0 saturated carbocycles. The predicted octanol–water partition coefficient (Wildman–Crippen LogP) is 4.42. The summed E-state index contributed by atoms with van der Waals surface area (Å²) in [5.41, 5.74) is 0.890. The summed E-state index contributed by atoms with van der Waals surface area (Å²) in [6, 6.07) is 5.38. The Morgan fingerprint density at radius 1 is 1.29 bits per heavy atom. The molecule has 1 aromatic carbocycles. The van der Waals surface area contributed by atoms with Gasteiger partial charge in [0.1, 0.15) is 0 Å². The van der Waals surface area contributed by atoms with Crippen LogP contribution in [0.2, 0.25) is 0 Å². The van der Waals surface area contributed by atoms with Gasteiger partial charge in [0.05, 0.1) is 5.56 Å². The summed E-state index contributed by atoms with van der Waals surface area (Å²) in [7, 11) is 0. The third-order valence-electron chi connectivity index (χ3n) is 3.78. The lowest BCUT2D eigenvalue weighted by Crippen LogP contribution is -2.33. The average Bonchev–Trinajstić information content (AvgIpc) is 2.96. The molecule has 1 aliphatic heterocycles. The number of pyridine rings is 1. The Kier molecular flexibility index (Phi) is 4.40. The van der Waals surface area contributed by atoms with Crippen LogP contribution in [0.5, 0.6) is 0 Å². The molecular formula is C16H14F3N3OS. The third-order valence-corrected chi connectivity index (χ3v) is 4.56. The van der Waals surface area contributed by atoms with Crippen LogP contribution in [0.4, 0.5) is 29.3 Å². The number of hydrogen-bond acceptors (Lipinski definition) is 3. The summed E-state index contributed by atoms with van der Waals surface area (Å²) in [6.45, 7) is 0.349. The van der Waals surface area contributed by atoms with Crippen molar-refractivity contribution in [3.8, 4) is 0 Å². The Morgan fingerprint density at radius 3 is 2.62 bits per heavy atom. The number of carbonyl (C=O) groups excluding carboxylic acids is 1. The van der Waals surface area contributed by atoms with E-state index < -0.39 is 17.8 Å². The lowest BCUT2D eigenvalue weighted by atomic mass is 10.1. The molecule has 0 fully saturated rings. The lowest BCUT2D eigenvalue weighted by Gasteiger charge is -2.20. The van der Waals surface area contributed by atoms with Gasteiger partial charge in [-0.3, -0.25) is 9.88 Å². The second-order valence-electron chi connectivity index (χ2n) is 5.25. The molecule has 0 bridgehead atoms. The van der Waals surface area contributed by atoms with Gasteiger partial charge in [-0.05, 0) is 42.5 Å². The van der Waals surface area contributed by atoms with E-state index in [1.165, 1.54) is 23.4 Å². The molecule has 2 amide bonds. The van der Waals surface area contributed by atoms with Crippen LogP contribution in [0, 0.1) is 0 Å². The third kappa shape index (κ3) is 3.19. The molecule has 0 aliphatic carbocycles. The summed E-state index contributed by atoms with van der Waals surface area (Å²) in [5.74, 6) is 0. The normalized spacial score (nSPS) is 13.8. The topological polar surface area (TPSA) is 45.2 Å². The maximum atomic E-state index is 13.2. The number of nitrogens with one attached hydrogen (secondary N) is 1. The number of alkyl halides is 3. The monoisotopic (exact) mass is 353 g/mol. The van der Waals surface area contributed by atoms with Crippen molar-refractivity contribution in [1.82, 2.24) is 4.98 Å². The van der Waals surface area contributed by atoms with Crippen molar-refractivity contribution in [3.63, 3.8) is 0 Å². The van der Waals surface area contributed by atoms with Crippen LogP contribution in [-0.2, 0) is 12.6 Å². The van der Waals surface area contributed by atoms with Gasteiger partial charge < -0.3 is 5.32 Å². The highest BCUT2D eigenvalue weighted by Crippen LogP contribution is 2.41. The zero-order chi connectivity index (χ0) is 17.3. The van der Waals surface area contributed by atoms with Gasteiger partial charge in [-0.25, -0.2) is 4.79 Å². The molecule has 3 rings (SSSR count). The molecule has 4 nitrogen and oxygen atoms in total. The molecule has 1 aliphatic rings. The van der Waals surface area contributed by atoms with Crippen LogP contribution in [-0.4, -0.2) is 23.8 Å². The van der Waals surface area contributed by atoms with Gasteiger partial charge in [-0.2, -0.15) is 13.2 Å². The average molecular weight is 353 g/mol. The summed E-state index contributed by atoms with van der Waals surface area (Å²) < 4.78 is 39.7. The van der Waals surface area contributed by atoms with E-state index in [-0.39, 0.29) is 4.90 Å². The van der Waals surface area contributed by atoms with Crippen molar-refractivity contribution in [2.24, 2.45) is 0 Å². The smallest absolute Gasteiger partial charge is 0.307 e. The van der Waals surface area contributed by atoms with Crippen molar-refractivity contribution in [2.75, 3.05) is 23.0 Å². The van der Waals surface area contributed by atoms with Crippen LogP contribution in [0.3, 0.4) is 0 Å². The van der Waals surface area contributed by atoms with Crippen LogP contribution in [0.1, 0.15) is 11.1 Å². The summed E-state index contributed by atoms with van der Waals surface area (Å²) in [5, 5.41) is 2.67. The fourth-order valence-electron chi connectivity index (χ4n) is 2.64. The van der Waals surface area contributed by atoms with Crippen LogP contribution < -0.4 is 10.2 Å². The number of aromatic nitrogens is 1. The van der Waals surface area contributed by atoms with E-state index in [1.54, 1.807) is 18.4 Å². The number of anilines is 2. The predicted molar refractivity (Wildman–Crippen MR) is 87.5 cm³/mol. The first-order valence-electron chi connectivity index (χ1n) is 7.17. The molecule has 1 aromatic heterocycles. The fourth-order valence-corrected chi connectivity index (χ4v) is 3.30. The lowest BCUT2D eigenvalue weighted by molar-refractivity contribution is -0.139. The van der Waals surface area contributed by atoms with Gasteiger partial charge in [-0.1, -0.05) is 0 Å². The molecule has 0 saturated heterocycles. The molecule has 24 heavy (non-hydrogen) atoms. The van der Waals surface area contributed by atoms with E-state index in [9.17, 15) is 18.0 Å². The van der Waals surface area contributed by atoms with Crippen LogP contribution >= 0.6 is 11.8 Å². The molecular weight excluding hydrogens is 339 g/mol. The van der Waals surface area contributed by atoms with Crippen molar-refractivity contribution in [3.05, 3.63) is 47.8 Å². The SMILES string of the molecule is CSc1cc2c(cc1C(F)(F)F)N(C(=O)Nc1ccncc1)CC2. The van der Waals surface area contributed by atoms with Gasteiger partial charge in [0.2, 0.25) is 0 Å². The summed E-state index contributed by atoms with van der Waals surface area (Å²) >= 11 is 1.05. The van der Waals surface area contributed by atoms with E-state index in [4.69, 9.17) is 0 Å². The van der Waals surface area contributed by atoms with E-state index in [0.29, 0.717) is 24.3 Å². The Bertz CT molecular complexity index is 765. The summed E-state index contributed by atoms with van der Waals surface area (Å²) in [6.07, 6.45) is 0.744.